The Morgan fingerprint density at radius 1 is 1.38 bits per heavy atom. The van der Waals surface area contributed by atoms with Crippen molar-refractivity contribution < 1.29 is 8.78 Å². The Balaban J connectivity index is 2.71. The van der Waals surface area contributed by atoms with E-state index in [0.29, 0.717) is 25.1 Å². The lowest BCUT2D eigenvalue weighted by molar-refractivity contribution is 0.497. The van der Waals surface area contributed by atoms with Crippen molar-refractivity contribution in [3.05, 3.63) is 35.4 Å². The SMILES string of the molecule is C#CCCNC(CN)c1ccc(F)c(F)c1. The van der Waals surface area contributed by atoms with E-state index in [0.717, 1.165) is 12.1 Å². The molecule has 1 atom stereocenters. The van der Waals surface area contributed by atoms with Gasteiger partial charge in [-0.25, -0.2) is 8.78 Å². The van der Waals surface area contributed by atoms with Crippen LogP contribution in [0, 0.1) is 24.0 Å². The average Bonchev–Trinajstić information content (AvgIpc) is 2.29. The molecule has 0 aliphatic heterocycles. The van der Waals surface area contributed by atoms with E-state index in [9.17, 15) is 8.78 Å². The van der Waals surface area contributed by atoms with Crippen LogP contribution in [-0.2, 0) is 0 Å². The van der Waals surface area contributed by atoms with E-state index in [1.54, 1.807) is 0 Å². The lowest BCUT2D eigenvalue weighted by Gasteiger charge is -2.16. The third-order valence-corrected chi connectivity index (χ3v) is 2.24. The molecule has 0 bridgehead atoms. The molecule has 1 aromatic rings. The molecule has 0 aliphatic carbocycles. The molecule has 0 aliphatic rings. The predicted octanol–water partition coefficient (Wildman–Crippen LogP) is 1.58. The van der Waals surface area contributed by atoms with Gasteiger partial charge in [-0.2, -0.15) is 0 Å². The van der Waals surface area contributed by atoms with Gasteiger partial charge in [0.2, 0.25) is 0 Å². The molecule has 0 heterocycles. The lowest BCUT2D eigenvalue weighted by Crippen LogP contribution is -2.29. The predicted molar refractivity (Wildman–Crippen MR) is 59.6 cm³/mol. The molecule has 0 saturated carbocycles. The second kappa shape index (κ2) is 6.21. The molecule has 86 valence electrons. The van der Waals surface area contributed by atoms with Crippen molar-refractivity contribution in [1.82, 2.24) is 5.32 Å². The third kappa shape index (κ3) is 3.30. The van der Waals surface area contributed by atoms with Gasteiger partial charge in [-0.05, 0) is 17.7 Å². The van der Waals surface area contributed by atoms with Gasteiger partial charge in [-0.15, -0.1) is 12.3 Å². The minimum Gasteiger partial charge on any atom is -0.329 e. The van der Waals surface area contributed by atoms with Crippen molar-refractivity contribution in [3.8, 4) is 12.3 Å². The summed E-state index contributed by atoms with van der Waals surface area (Å²) in [6.07, 6.45) is 5.68. The Kier molecular flexibility index (Phi) is 4.90. The van der Waals surface area contributed by atoms with E-state index in [1.165, 1.54) is 6.07 Å². The number of hydrogen-bond acceptors (Lipinski definition) is 2. The lowest BCUT2D eigenvalue weighted by atomic mass is 10.1. The summed E-state index contributed by atoms with van der Waals surface area (Å²) in [4.78, 5) is 0. The molecular formula is C12H14F2N2. The first kappa shape index (κ1) is 12.6. The van der Waals surface area contributed by atoms with Gasteiger partial charge in [-0.1, -0.05) is 6.07 Å². The first-order valence-electron chi connectivity index (χ1n) is 5.01. The topological polar surface area (TPSA) is 38.0 Å². The largest absolute Gasteiger partial charge is 0.329 e. The first-order chi connectivity index (χ1) is 7.69. The number of nitrogens with two attached hydrogens (primary N) is 1. The standard InChI is InChI=1S/C12H14F2N2/c1-2-3-6-16-12(8-15)9-4-5-10(13)11(14)7-9/h1,4-5,7,12,16H,3,6,8,15H2. The maximum absolute atomic E-state index is 13.0. The van der Waals surface area contributed by atoms with Crippen LogP contribution in [0.25, 0.3) is 0 Å². The second-order valence-corrected chi connectivity index (χ2v) is 3.37. The van der Waals surface area contributed by atoms with Gasteiger partial charge < -0.3 is 11.1 Å². The molecule has 1 aromatic carbocycles. The molecule has 0 saturated heterocycles. The zero-order valence-electron chi connectivity index (χ0n) is 8.84. The Labute approximate surface area is 93.8 Å². The highest BCUT2D eigenvalue weighted by Crippen LogP contribution is 2.15. The molecule has 1 rings (SSSR count). The summed E-state index contributed by atoms with van der Waals surface area (Å²) in [7, 11) is 0. The van der Waals surface area contributed by atoms with Crippen LogP contribution in [0.2, 0.25) is 0 Å². The first-order valence-corrected chi connectivity index (χ1v) is 5.01. The summed E-state index contributed by atoms with van der Waals surface area (Å²) in [5, 5.41) is 3.08. The molecule has 3 N–H and O–H groups in total. The van der Waals surface area contributed by atoms with Gasteiger partial charge in [0.05, 0.1) is 0 Å². The Morgan fingerprint density at radius 2 is 2.12 bits per heavy atom. The Morgan fingerprint density at radius 3 is 2.69 bits per heavy atom. The zero-order valence-corrected chi connectivity index (χ0v) is 8.84. The minimum atomic E-state index is -0.866. The van der Waals surface area contributed by atoms with Crippen LogP contribution in [0.3, 0.4) is 0 Å². The molecule has 16 heavy (non-hydrogen) atoms. The molecule has 4 heteroatoms. The Bertz CT molecular complexity index is 385. The number of rotatable bonds is 5. The monoisotopic (exact) mass is 224 g/mol. The summed E-state index contributed by atoms with van der Waals surface area (Å²) < 4.78 is 25.7. The highest BCUT2D eigenvalue weighted by Gasteiger charge is 2.11. The van der Waals surface area contributed by atoms with Crippen molar-refractivity contribution in [2.45, 2.75) is 12.5 Å². The van der Waals surface area contributed by atoms with E-state index in [1.807, 2.05) is 0 Å². The number of halogens is 2. The van der Waals surface area contributed by atoms with Crippen LogP contribution in [-0.4, -0.2) is 13.1 Å². The van der Waals surface area contributed by atoms with Crippen LogP contribution in [0.5, 0.6) is 0 Å². The van der Waals surface area contributed by atoms with Crippen LogP contribution in [0.15, 0.2) is 18.2 Å². The molecule has 1 unspecified atom stereocenters. The van der Waals surface area contributed by atoms with Gasteiger partial charge in [0, 0.05) is 25.6 Å². The molecule has 2 nitrogen and oxygen atoms in total. The van der Waals surface area contributed by atoms with Gasteiger partial charge in [0.15, 0.2) is 11.6 Å². The fraction of sp³-hybridized carbons (Fsp3) is 0.333. The number of hydrogen-bond donors (Lipinski definition) is 2. The number of terminal acetylenes is 1. The van der Waals surface area contributed by atoms with Crippen LogP contribution in [0.1, 0.15) is 18.0 Å². The normalized spacial score (nSPS) is 12.1. The van der Waals surface area contributed by atoms with E-state index >= 15 is 0 Å². The maximum atomic E-state index is 13.0. The van der Waals surface area contributed by atoms with Gasteiger partial charge in [-0.3, -0.25) is 0 Å². The smallest absolute Gasteiger partial charge is 0.159 e. The van der Waals surface area contributed by atoms with Crippen molar-refractivity contribution in [2.24, 2.45) is 5.73 Å². The summed E-state index contributed by atoms with van der Waals surface area (Å²) in [5.74, 6) is 0.758. The molecule has 0 spiro atoms. The van der Waals surface area contributed by atoms with Crippen molar-refractivity contribution >= 4 is 0 Å². The highest BCUT2D eigenvalue weighted by molar-refractivity contribution is 5.21. The van der Waals surface area contributed by atoms with Crippen LogP contribution in [0.4, 0.5) is 8.78 Å². The van der Waals surface area contributed by atoms with Gasteiger partial charge in [0.25, 0.3) is 0 Å². The summed E-state index contributed by atoms with van der Waals surface area (Å²) in [6.45, 7) is 0.896. The number of nitrogens with one attached hydrogen (secondary N) is 1. The van der Waals surface area contributed by atoms with E-state index in [-0.39, 0.29) is 6.04 Å². The summed E-state index contributed by atoms with van der Waals surface area (Å²) in [6, 6.07) is 3.55. The summed E-state index contributed by atoms with van der Waals surface area (Å²) in [5.41, 5.74) is 6.17. The zero-order chi connectivity index (χ0) is 12.0. The molecule has 0 amide bonds. The fourth-order valence-corrected chi connectivity index (χ4v) is 1.38. The van der Waals surface area contributed by atoms with E-state index < -0.39 is 11.6 Å². The molecule has 0 aromatic heterocycles. The molecular weight excluding hydrogens is 210 g/mol. The average molecular weight is 224 g/mol. The fourth-order valence-electron chi connectivity index (χ4n) is 1.38. The third-order valence-electron chi connectivity index (χ3n) is 2.24. The highest BCUT2D eigenvalue weighted by atomic mass is 19.2. The minimum absolute atomic E-state index is 0.205. The molecule has 0 fully saturated rings. The molecule has 0 radical (unpaired) electrons. The van der Waals surface area contributed by atoms with E-state index in [2.05, 4.69) is 11.2 Å². The summed E-state index contributed by atoms with van der Waals surface area (Å²) >= 11 is 0. The second-order valence-electron chi connectivity index (χ2n) is 3.37. The van der Waals surface area contributed by atoms with Gasteiger partial charge >= 0.3 is 0 Å². The van der Waals surface area contributed by atoms with E-state index in [4.69, 9.17) is 12.2 Å². The maximum Gasteiger partial charge on any atom is 0.159 e. The Hall–Kier alpha value is -1.44. The van der Waals surface area contributed by atoms with Crippen molar-refractivity contribution in [3.63, 3.8) is 0 Å². The van der Waals surface area contributed by atoms with Gasteiger partial charge in [0.1, 0.15) is 0 Å². The van der Waals surface area contributed by atoms with Crippen molar-refractivity contribution in [1.29, 1.82) is 0 Å². The van der Waals surface area contributed by atoms with Crippen LogP contribution >= 0.6 is 0 Å². The quantitative estimate of drug-likeness (QED) is 0.588. The van der Waals surface area contributed by atoms with Crippen LogP contribution < -0.4 is 11.1 Å². The van der Waals surface area contributed by atoms with Crippen molar-refractivity contribution in [2.75, 3.05) is 13.1 Å². The number of benzene rings is 1.